The highest BCUT2D eigenvalue weighted by Gasteiger charge is 2.02. The molecule has 134 valence electrons. The van der Waals surface area contributed by atoms with E-state index in [1.807, 2.05) is 49.1 Å². The zero-order valence-electron chi connectivity index (χ0n) is 15.5. The third kappa shape index (κ3) is 7.45. The van der Waals surface area contributed by atoms with Gasteiger partial charge in [0, 0.05) is 37.1 Å². The van der Waals surface area contributed by atoms with Crippen LogP contribution in [0.3, 0.4) is 0 Å². The molecule has 0 fully saturated rings. The van der Waals surface area contributed by atoms with Crippen molar-refractivity contribution in [2.75, 3.05) is 0 Å². The van der Waals surface area contributed by atoms with Crippen LogP contribution in [0, 0.1) is 22.7 Å². The second-order valence-corrected chi connectivity index (χ2v) is 6.70. The van der Waals surface area contributed by atoms with Gasteiger partial charge in [0.2, 0.25) is 0 Å². The van der Waals surface area contributed by atoms with Gasteiger partial charge in [0.1, 0.15) is 13.1 Å². The van der Waals surface area contributed by atoms with Crippen LogP contribution in [-0.4, -0.2) is 0 Å². The maximum Gasteiger partial charge on any atom is 0.170 e. The van der Waals surface area contributed by atoms with E-state index in [1.165, 1.54) is 51.4 Å². The molecular formula is C22H28N4+2. The molecule has 0 aromatic carbocycles. The van der Waals surface area contributed by atoms with E-state index in [0.717, 1.165) is 24.2 Å². The molecule has 0 unspecified atom stereocenters. The van der Waals surface area contributed by atoms with Crippen molar-refractivity contribution in [3.63, 3.8) is 0 Å². The third-order valence-corrected chi connectivity index (χ3v) is 4.62. The summed E-state index contributed by atoms with van der Waals surface area (Å²) in [5.74, 6) is 0. The standard InChI is InChI=1S/C22H28N4/c23-19-21-9-15-25(16-10-21)13-7-5-3-1-2-4-6-8-14-26-17-11-22(20-24)12-18-26/h9-12,15-18H,1-8,13-14H2/q+2. The molecule has 0 aliphatic heterocycles. The minimum Gasteiger partial charge on any atom is -0.205 e. The summed E-state index contributed by atoms with van der Waals surface area (Å²) in [6, 6.07) is 11.8. The third-order valence-electron chi connectivity index (χ3n) is 4.62. The fourth-order valence-corrected chi connectivity index (χ4v) is 3.01. The molecule has 2 aromatic rings. The Morgan fingerprint density at radius 2 is 0.846 bits per heavy atom. The molecule has 4 nitrogen and oxygen atoms in total. The molecule has 0 radical (unpaired) electrons. The van der Waals surface area contributed by atoms with Crippen molar-refractivity contribution in [1.82, 2.24) is 0 Å². The first-order valence-corrected chi connectivity index (χ1v) is 9.60. The van der Waals surface area contributed by atoms with Crippen LogP contribution in [0.4, 0.5) is 0 Å². The van der Waals surface area contributed by atoms with E-state index < -0.39 is 0 Å². The van der Waals surface area contributed by atoms with Gasteiger partial charge in [-0.2, -0.15) is 10.5 Å². The Kier molecular flexibility index (Phi) is 8.87. The molecule has 2 rings (SSSR count). The molecule has 0 aliphatic rings. The zero-order valence-corrected chi connectivity index (χ0v) is 15.5. The fraction of sp³-hybridized carbons (Fsp3) is 0.455. The van der Waals surface area contributed by atoms with E-state index in [1.54, 1.807) is 0 Å². The second kappa shape index (κ2) is 11.8. The molecule has 2 heterocycles. The van der Waals surface area contributed by atoms with Crippen molar-refractivity contribution >= 4 is 0 Å². The highest BCUT2D eigenvalue weighted by atomic mass is 14.9. The Morgan fingerprint density at radius 3 is 1.15 bits per heavy atom. The first kappa shape index (κ1) is 19.6. The lowest BCUT2D eigenvalue weighted by atomic mass is 10.1. The van der Waals surface area contributed by atoms with Gasteiger partial charge in [-0.3, -0.25) is 0 Å². The summed E-state index contributed by atoms with van der Waals surface area (Å²) in [5.41, 5.74) is 1.44. The summed E-state index contributed by atoms with van der Waals surface area (Å²) in [7, 11) is 0. The van der Waals surface area contributed by atoms with E-state index in [9.17, 15) is 0 Å². The van der Waals surface area contributed by atoms with Gasteiger partial charge in [0.15, 0.2) is 24.8 Å². The van der Waals surface area contributed by atoms with Gasteiger partial charge in [-0.15, -0.1) is 0 Å². The molecule has 26 heavy (non-hydrogen) atoms. The summed E-state index contributed by atoms with van der Waals surface area (Å²) in [4.78, 5) is 0. The van der Waals surface area contributed by atoms with E-state index >= 15 is 0 Å². The number of aromatic nitrogens is 2. The summed E-state index contributed by atoms with van der Waals surface area (Å²) in [5, 5.41) is 17.6. The molecule has 0 aliphatic carbocycles. The van der Waals surface area contributed by atoms with Crippen molar-refractivity contribution in [3.8, 4) is 12.1 Å². The molecule has 2 aromatic heterocycles. The van der Waals surface area contributed by atoms with Gasteiger partial charge in [-0.1, -0.05) is 25.7 Å². The molecule has 0 bridgehead atoms. The monoisotopic (exact) mass is 348 g/mol. The van der Waals surface area contributed by atoms with Gasteiger partial charge in [0.25, 0.3) is 0 Å². The summed E-state index contributed by atoms with van der Waals surface area (Å²) in [6.07, 6.45) is 18.2. The first-order valence-electron chi connectivity index (χ1n) is 9.60. The summed E-state index contributed by atoms with van der Waals surface area (Å²) < 4.78 is 4.31. The molecule has 0 saturated carbocycles. The number of nitrogens with zero attached hydrogens (tertiary/aromatic N) is 4. The van der Waals surface area contributed by atoms with Gasteiger partial charge in [-0.05, 0) is 12.8 Å². The maximum atomic E-state index is 8.79. The molecule has 0 spiro atoms. The topological polar surface area (TPSA) is 55.3 Å². The Bertz CT molecular complexity index is 655. The normalized spacial score (nSPS) is 10.2. The molecule has 0 atom stereocenters. The van der Waals surface area contributed by atoms with Crippen molar-refractivity contribution in [1.29, 1.82) is 10.5 Å². The van der Waals surface area contributed by atoms with Crippen LogP contribution in [-0.2, 0) is 13.1 Å². The fourth-order valence-electron chi connectivity index (χ4n) is 3.01. The molecular weight excluding hydrogens is 320 g/mol. The highest BCUT2D eigenvalue weighted by molar-refractivity contribution is 5.24. The van der Waals surface area contributed by atoms with E-state index in [-0.39, 0.29) is 0 Å². The van der Waals surface area contributed by atoms with Crippen LogP contribution in [0.1, 0.15) is 62.5 Å². The lowest BCUT2D eigenvalue weighted by Gasteiger charge is -2.01. The van der Waals surface area contributed by atoms with Crippen LogP contribution < -0.4 is 9.13 Å². The zero-order chi connectivity index (χ0) is 18.5. The lowest BCUT2D eigenvalue weighted by molar-refractivity contribution is -0.697. The maximum absolute atomic E-state index is 8.79. The highest BCUT2D eigenvalue weighted by Crippen LogP contribution is 2.08. The predicted molar refractivity (Wildman–Crippen MR) is 99.6 cm³/mol. The average molecular weight is 348 g/mol. The van der Waals surface area contributed by atoms with E-state index in [2.05, 4.69) is 21.3 Å². The van der Waals surface area contributed by atoms with Crippen molar-refractivity contribution < 1.29 is 9.13 Å². The Hall–Kier alpha value is -2.72. The van der Waals surface area contributed by atoms with Gasteiger partial charge >= 0.3 is 0 Å². The second-order valence-electron chi connectivity index (χ2n) is 6.70. The largest absolute Gasteiger partial charge is 0.205 e. The molecule has 4 heteroatoms. The number of pyridine rings is 2. The van der Waals surface area contributed by atoms with Crippen LogP contribution in [0.2, 0.25) is 0 Å². The number of rotatable bonds is 11. The van der Waals surface area contributed by atoms with Gasteiger partial charge in [-0.25, -0.2) is 9.13 Å². The van der Waals surface area contributed by atoms with Crippen molar-refractivity contribution in [3.05, 3.63) is 60.2 Å². The Morgan fingerprint density at radius 1 is 0.538 bits per heavy atom. The quantitative estimate of drug-likeness (QED) is 0.458. The molecule has 0 amide bonds. The molecule has 0 N–H and O–H groups in total. The smallest absolute Gasteiger partial charge is 0.170 e. The Labute approximate surface area is 157 Å². The number of aryl methyl sites for hydroxylation is 2. The minimum atomic E-state index is 0.721. The minimum absolute atomic E-state index is 0.721. The van der Waals surface area contributed by atoms with Crippen LogP contribution in [0.25, 0.3) is 0 Å². The Balaban J connectivity index is 1.43. The number of nitriles is 2. The van der Waals surface area contributed by atoms with Crippen molar-refractivity contribution in [2.45, 2.75) is 64.5 Å². The van der Waals surface area contributed by atoms with Crippen LogP contribution in [0.5, 0.6) is 0 Å². The SMILES string of the molecule is N#Cc1cc[n+](CCCCCCCCCC[n+]2ccc(C#N)cc2)cc1. The van der Waals surface area contributed by atoms with E-state index in [0.29, 0.717) is 0 Å². The predicted octanol–water partition coefficient (Wildman–Crippen LogP) is 3.83. The van der Waals surface area contributed by atoms with Crippen LogP contribution >= 0.6 is 0 Å². The van der Waals surface area contributed by atoms with Gasteiger partial charge in [0.05, 0.1) is 23.3 Å². The number of hydrogen-bond donors (Lipinski definition) is 0. The summed E-state index contributed by atoms with van der Waals surface area (Å²) in [6.45, 7) is 2.07. The first-order chi connectivity index (χ1) is 12.8. The number of hydrogen-bond acceptors (Lipinski definition) is 2. The molecule has 0 saturated heterocycles. The van der Waals surface area contributed by atoms with Crippen molar-refractivity contribution in [2.24, 2.45) is 0 Å². The number of unbranched alkanes of at least 4 members (excludes halogenated alkanes) is 7. The summed E-state index contributed by atoms with van der Waals surface area (Å²) >= 11 is 0. The van der Waals surface area contributed by atoms with Gasteiger partial charge < -0.3 is 0 Å². The lowest BCUT2D eigenvalue weighted by Crippen LogP contribution is -2.32. The van der Waals surface area contributed by atoms with Crippen LogP contribution in [0.15, 0.2) is 49.1 Å². The average Bonchev–Trinajstić information content (AvgIpc) is 2.70. The van der Waals surface area contributed by atoms with E-state index in [4.69, 9.17) is 10.5 Å².